The number of rotatable bonds is 4. The first kappa shape index (κ1) is 23.9. The summed E-state index contributed by atoms with van der Waals surface area (Å²) in [6.07, 6.45) is 16.1. The number of amides is 1. The molecule has 8 nitrogen and oxygen atoms in total. The van der Waals surface area contributed by atoms with Crippen LogP contribution in [-0.4, -0.2) is 68.0 Å². The van der Waals surface area contributed by atoms with Crippen molar-refractivity contribution in [3.05, 3.63) is 54.0 Å². The molecule has 0 saturated heterocycles. The zero-order valence-corrected chi connectivity index (χ0v) is 22.0. The molecule has 1 aromatic carbocycles. The number of hydrogen-bond acceptors (Lipinski definition) is 5. The molecule has 0 spiro atoms. The first-order valence-corrected chi connectivity index (χ1v) is 14.7. The average molecular weight is 511 g/mol. The second-order valence-corrected chi connectivity index (χ2v) is 13.0. The Kier molecular flexibility index (Phi) is 5.85. The van der Waals surface area contributed by atoms with E-state index < -0.39 is 16.1 Å². The number of carbonyl (C=O) groups excluding carboxylic acids is 1. The van der Waals surface area contributed by atoms with Gasteiger partial charge in [-0.25, -0.2) is 9.71 Å². The highest BCUT2D eigenvalue weighted by Gasteiger charge is 2.58. The van der Waals surface area contributed by atoms with Crippen LogP contribution >= 0.6 is 0 Å². The number of fused-ring (bicyclic) bond motifs is 7. The van der Waals surface area contributed by atoms with Crippen molar-refractivity contribution in [2.24, 2.45) is 10.9 Å². The van der Waals surface area contributed by atoms with E-state index in [9.17, 15) is 13.2 Å². The second-order valence-electron chi connectivity index (χ2n) is 11.1. The molecule has 1 aromatic rings. The van der Waals surface area contributed by atoms with Gasteiger partial charge in [-0.2, -0.15) is 12.7 Å². The molecule has 1 fully saturated rings. The molecule has 4 unspecified atom stereocenters. The van der Waals surface area contributed by atoms with E-state index in [0.29, 0.717) is 24.5 Å². The van der Waals surface area contributed by atoms with Crippen molar-refractivity contribution in [2.45, 2.75) is 69.5 Å². The van der Waals surface area contributed by atoms with Crippen LogP contribution in [-0.2, 0) is 21.4 Å². The number of hydrogen-bond donors (Lipinski definition) is 1. The van der Waals surface area contributed by atoms with Gasteiger partial charge in [-0.3, -0.25) is 9.28 Å². The zero-order valence-electron chi connectivity index (χ0n) is 21.1. The van der Waals surface area contributed by atoms with Gasteiger partial charge in [0.15, 0.2) is 5.82 Å². The van der Waals surface area contributed by atoms with E-state index in [1.807, 2.05) is 0 Å². The van der Waals surface area contributed by atoms with Crippen molar-refractivity contribution >= 4 is 27.5 Å². The number of allylic oxidation sites excluding steroid dienone is 1. The summed E-state index contributed by atoms with van der Waals surface area (Å²) in [5, 5.41) is 0. The van der Waals surface area contributed by atoms with Crippen molar-refractivity contribution in [3.63, 3.8) is 0 Å². The smallest absolute Gasteiger partial charge is 0.303 e. The predicted octanol–water partition coefficient (Wildman–Crippen LogP) is 3.08. The lowest BCUT2D eigenvalue weighted by Gasteiger charge is -2.47. The monoisotopic (exact) mass is 510 g/mol. The fraction of sp³-hybridized carbons (Fsp3) is 0.556. The van der Waals surface area contributed by atoms with Crippen LogP contribution in [0.5, 0.6) is 0 Å². The summed E-state index contributed by atoms with van der Waals surface area (Å²) in [5.41, 5.74) is 3.09. The zero-order chi connectivity index (χ0) is 25.1. The standard InChI is InChI=1S/C27H35N5O3S/c1-30(2)36(34,35)29-27(33)22-17-31-23-14-8-7-13-21(23)25-16-19-10-6-9-15-24(19)32(25,18-26(31)28-22)20-11-4-3-5-12-20/h6-10,15,18,20-21,23,25H,3-5,11-14,16-17H2,1-2H3/p+1. The number of nitrogens with zero attached hydrogens (tertiary/aromatic N) is 4. The molecule has 3 heterocycles. The topological polar surface area (TPSA) is 82.1 Å². The lowest BCUT2D eigenvalue weighted by molar-refractivity contribution is -0.113. The largest absolute Gasteiger partial charge is 0.342 e. The van der Waals surface area contributed by atoms with E-state index in [0.717, 1.165) is 33.9 Å². The van der Waals surface area contributed by atoms with Gasteiger partial charge in [-0.05, 0) is 31.7 Å². The van der Waals surface area contributed by atoms with Crippen molar-refractivity contribution < 1.29 is 13.2 Å². The van der Waals surface area contributed by atoms with E-state index in [1.165, 1.54) is 57.5 Å². The molecule has 1 saturated carbocycles. The fourth-order valence-corrected chi connectivity index (χ4v) is 7.91. The summed E-state index contributed by atoms with van der Waals surface area (Å²) in [6.45, 7) is 0.342. The van der Waals surface area contributed by atoms with Crippen molar-refractivity contribution in [3.8, 4) is 0 Å². The van der Waals surface area contributed by atoms with Gasteiger partial charge in [0.2, 0.25) is 0 Å². The molecule has 6 rings (SSSR count). The Bertz CT molecular complexity index is 1260. The summed E-state index contributed by atoms with van der Waals surface area (Å²) in [4.78, 5) is 20.2. The van der Waals surface area contributed by atoms with Crippen LogP contribution in [0, 0.1) is 5.92 Å². The molecule has 5 aliphatic rings. The highest BCUT2D eigenvalue weighted by Crippen LogP contribution is 2.52. The minimum Gasteiger partial charge on any atom is -0.342 e. The van der Waals surface area contributed by atoms with Gasteiger partial charge in [-0.15, -0.1) is 0 Å². The maximum Gasteiger partial charge on any atom is 0.303 e. The summed E-state index contributed by atoms with van der Waals surface area (Å²) in [6, 6.07) is 10.1. The summed E-state index contributed by atoms with van der Waals surface area (Å²) < 4.78 is 28.7. The number of benzene rings is 1. The SMILES string of the molecule is CN(C)S(=O)(=O)NC(=O)C1=NC2=C[N+]3(C4CCCCC4)c4ccccc4CC3C3CC=CCC3N2C1. The lowest BCUT2D eigenvalue weighted by atomic mass is 9.79. The lowest BCUT2D eigenvalue weighted by Crippen LogP contribution is -2.61. The Morgan fingerprint density at radius 3 is 2.64 bits per heavy atom. The van der Waals surface area contributed by atoms with Crippen LogP contribution in [0.25, 0.3) is 0 Å². The third-order valence-corrected chi connectivity index (χ3v) is 10.5. The van der Waals surface area contributed by atoms with E-state index in [-0.39, 0.29) is 11.8 Å². The molecule has 4 atom stereocenters. The maximum atomic E-state index is 13.0. The van der Waals surface area contributed by atoms with Crippen LogP contribution in [0.1, 0.15) is 50.5 Å². The van der Waals surface area contributed by atoms with Gasteiger partial charge < -0.3 is 4.90 Å². The number of aliphatic imine (C=N–C) groups is 1. The third-order valence-electron chi connectivity index (χ3n) is 9.06. The van der Waals surface area contributed by atoms with Crippen LogP contribution in [0.3, 0.4) is 0 Å². The molecule has 192 valence electrons. The Hall–Kier alpha value is -2.49. The summed E-state index contributed by atoms with van der Waals surface area (Å²) in [5.74, 6) is 0.627. The molecule has 1 N–H and O–H groups in total. The van der Waals surface area contributed by atoms with E-state index in [2.05, 4.69) is 52.2 Å². The number of para-hydroxylation sites is 1. The molecular weight excluding hydrogens is 474 g/mol. The van der Waals surface area contributed by atoms with Gasteiger partial charge in [0, 0.05) is 50.9 Å². The summed E-state index contributed by atoms with van der Waals surface area (Å²) >= 11 is 0. The van der Waals surface area contributed by atoms with Crippen LogP contribution in [0.2, 0.25) is 0 Å². The Labute approximate surface area is 214 Å². The van der Waals surface area contributed by atoms with Gasteiger partial charge in [0.05, 0.1) is 12.6 Å². The van der Waals surface area contributed by atoms with E-state index in [1.54, 1.807) is 0 Å². The molecular formula is C27H36N5O3S+. The highest BCUT2D eigenvalue weighted by atomic mass is 32.2. The minimum atomic E-state index is -3.88. The molecule has 0 aromatic heterocycles. The molecule has 36 heavy (non-hydrogen) atoms. The quantitative estimate of drug-likeness (QED) is 0.499. The molecule has 9 heteroatoms. The van der Waals surface area contributed by atoms with Gasteiger partial charge in [0.25, 0.3) is 5.91 Å². The first-order valence-electron chi connectivity index (χ1n) is 13.2. The predicted molar refractivity (Wildman–Crippen MR) is 141 cm³/mol. The third kappa shape index (κ3) is 3.66. The molecule has 0 bridgehead atoms. The van der Waals surface area contributed by atoms with Gasteiger partial charge in [0.1, 0.15) is 23.6 Å². The van der Waals surface area contributed by atoms with E-state index >= 15 is 0 Å². The Balaban J connectivity index is 1.49. The molecule has 0 radical (unpaired) electrons. The maximum absolute atomic E-state index is 13.0. The number of nitrogens with one attached hydrogen (secondary N) is 1. The minimum absolute atomic E-state index is 0.239. The average Bonchev–Trinajstić information content (AvgIpc) is 3.42. The Morgan fingerprint density at radius 1 is 1.11 bits per heavy atom. The van der Waals surface area contributed by atoms with Crippen LogP contribution < -0.4 is 9.21 Å². The highest BCUT2D eigenvalue weighted by molar-refractivity contribution is 7.87. The Morgan fingerprint density at radius 2 is 1.86 bits per heavy atom. The fourth-order valence-electron chi connectivity index (χ4n) is 7.38. The van der Waals surface area contributed by atoms with Crippen molar-refractivity contribution in [2.75, 3.05) is 20.6 Å². The number of carbonyl (C=O) groups is 1. The number of quaternary nitrogens is 1. The van der Waals surface area contributed by atoms with Crippen molar-refractivity contribution in [1.29, 1.82) is 0 Å². The molecule has 1 amide bonds. The van der Waals surface area contributed by atoms with Crippen LogP contribution in [0.15, 0.2) is 53.4 Å². The normalized spacial score (nSPS) is 31.6. The van der Waals surface area contributed by atoms with Crippen molar-refractivity contribution in [1.82, 2.24) is 18.4 Å². The first-order chi connectivity index (χ1) is 17.3. The van der Waals surface area contributed by atoms with Gasteiger partial charge >= 0.3 is 10.2 Å². The summed E-state index contributed by atoms with van der Waals surface area (Å²) in [7, 11) is -1.07. The second kappa shape index (κ2) is 8.82. The van der Waals surface area contributed by atoms with E-state index in [4.69, 9.17) is 4.99 Å². The molecule has 3 aliphatic heterocycles. The molecule has 2 aliphatic carbocycles. The van der Waals surface area contributed by atoms with Gasteiger partial charge in [-0.1, -0.05) is 36.8 Å². The van der Waals surface area contributed by atoms with Crippen LogP contribution in [0.4, 0.5) is 5.69 Å².